The van der Waals surface area contributed by atoms with Crippen LogP contribution < -0.4 is 15.6 Å². The van der Waals surface area contributed by atoms with Gasteiger partial charge < -0.3 is 20.4 Å². The van der Waals surface area contributed by atoms with E-state index in [4.69, 9.17) is 20.4 Å². The van der Waals surface area contributed by atoms with Gasteiger partial charge in [-0.15, -0.1) is 0 Å². The summed E-state index contributed by atoms with van der Waals surface area (Å²) in [6.07, 6.45) is 0. The molecular weight excluding hydrogens is 744 g/mol. The number of para-hydroxylation sites is 2. The standard InChI is InChI=1S/C19H16Si.2C6H6O.2C4H10O.W/c1-20(17-11-5-2-6-12-17,18-13-7-3-8-14-18)19-15-9-4-10-16-19;2*7-6-4-2-1-3-5-6;2*1-4(2,3)5;/h1-16H;2*1-5,7H;2*5H,1-3H3;. The van der Waals surface area contributed by atoms with Crippen LogP contribution in [0.4, 0.5) is 0 Å². The number of rotatable bonds is 4. The average Bonchev–Trinajstić information content (AvgIpc) is 2.99. The maximum atomic E-state index is 8.63. The molecule has 5 rings (SSSR count). The average molecular weight is 793 g/mol. The summed E-state index contributed by atoms with van der Waals surface area (Å²) in [6.45, 7) is 10.5. The Morgan fingerprint density at radius 3 is 0.733 bits per heavy atom. The molecule has 4 nitrogen and oxygen atoms in total. The van der Waals surface area contributed by atoms with Crippen LogP contribution in [-0.2, 0) is 19.4 Å². The summed E-state index contributed by atoms with van der Waals surface area (Å²) >= 11 is 1.54. The van der Waals surface area contributed by atoms with E-state index in [0.717, 1.165) is 0 Å². The summed E-state index contributed by atoms with van der Waals surface area (Å²) in [7, 11) is -1.99. The number of phenols is 2. The van der Waals surface area contributed by atoms with Crippen LogP contribution in [0.15, 0.2) is 152 Å². The molecule has 0 fully saturated rings. The molecule has 0 aliphatic carbocycles. The van der Waals surface area contributed by atoms with Crippen LogP contribution in [0, 0.1) is 0 Å². The second-order valence-electron chi connectivity index (χ2n) is 12.0. The Morgan fingerprint density at radius 1 is 0.422 bits per heavy atom. The quantitative estimate of drug-likeness (QED) is 0.126. The third-order valence-corrected chi connectivity index (χ3v) is 13.3. The fourth-order valence-corrected chi connectivity index (χ4v) is 11.6. The number of benzene rings is 5. The number of hydrogen-bond donors (Lipinski definition) is 4. The topological polar surface area (TPSA) is 80.9 Å². The molecule has 0 saturated heterocycles. The normalized spacial score (nSPS) is 10.5. The molecule has 0 aromatic heterocycles. The van der Waals surface area contributed by atoms with Crippen molar-refractivity contribution in [3.05, 3.63) is 152 Å². The summed E-state index contributed by atoms with van der Waals surface area (Å²) in [6, 6.07) is 50.3. The van der Waals surface area contributed by atoms with Crippen molar-refractivity contribution in [3.63, 3.8) is 0 Å². The van der Waals surface area contributed by atoms with E-state index in [0.29, 0.717) is 11.5 Å². The van der Waals surface area contributed by atoms with E-state index in [2.05, 4.69) is 95.0 Å². The number of phenolic OH excluding ortho intramolecular Hbond substituents is 2. The molecule has 0 spiro atoms. The van der Waals surface area contributed by atoms with E-state index < -0.39 is 19.3 Å². The van der Waals surface area contributed by atoms with E-state index in [1.807, 2.05) is 12.1 Å². The molecule has 0 radical (unpaired) electrons. The predicted molar refractivity (Wildman–Crippen MR) is 190 cm³/mol. The van der Waals surface area contributed by atoms with Crippen LogP contribution >= 0.6 is 0 Å². The van der Waals surface area contributed by atoms with Crippen molar-refractivity contribution in [2.45, 2.75) is 52.7 Å². The van der Waals surface area contributed by atoms with Crippen LogP contribution in [0.25, 0.3) is 0 Å². The minimum atomic E-state index is -1.99. The number of aliphatic hydroxyl groups is 2. The monoisotopic (exact) mass is 792 g/mol. The fraction of sp³-hybridized carbons (Fsp3) is 0.205. The van der Waals surface area contributed by atoms with Gasteiger partial charge in [-0.05, 0) is 65.8 Å². The summed E-state index contributed by atoms with van der Waals surface area (Å²) in [5.41, 5.74) is -1.00. The van der Waals surface area contributed by atoms with Crippen molar-refractivity contribution in [2.24, 2.45) is 0 Å². The Hall–Kier alpha value is -3.60. The molecule has 0 heterocycles. The summed E-state index contributed by atoms with van der Waals surface area (Å²) in [5.74, 6) is 0.644. The SMILES string of the molecule is CC(C)(C)O.CC(C)(C)O.Oc1ccccc1.Oc1ccccc1.[W]=[CH][Si](c1ccccc1)(c1ccccc1)c1ccccc1. The van der Waals surface area contributed by atoms with Gasteiger partial charge in [-0.25, -0.2) is 0 Å². The summed E-state index contributed by atoms with van der Waals surface area (Å²) in [5, 5.41) is 38.7. The fourth-order valence-electron chi connectivity index (χ4n) is 3.66. The van der Waals surface area contributed by atoms with Crippen LogP contribution in [0.3, 0.4) is 0 Å². The molecule has 45 heavy (non-hydrogen) atoms. The van der Waals surface area contributed by atoms with Gasteiger partial charge in [0.1, 0.15) is 11.5 Å². The van der Waals surface area contributed by atoms with E-state index in [1.54, 1.807) is 90.1 Å². The van der Waals surface area contributed by atoms with Crippen molar-refractivity contribution < 1.29 is 39.8 Å². The van der Waals surface area contributed by atoms with Gasteiger partial charge >= 0.3 is 138 Å². The first-order valence-corrected chi connectivity index (χ1v) is 18.5. The zero-order valence-corrected chi connectivity index (χ0v) is 31.1. The van der Waals surface area contributed by atoms with Crippen molar-refractivity contribution in [1.29, 1.82) is 0 Å². The van der Waals surface area contributed by atoms with Crippen LogP contribution in [0.1, 0.15) is 41.5 Å². The molecule has 0 amide bonds. The van der Waals surface area contributed by atoms with Gasteiger partial charge in [0.25, 0.3) is 0 Å². The van der Waals surface area contributed by atoms with Crippen molar-refractivity contribution >= 4 is 27.7 Å². The Morgan fingerprint density at radius 2 is 0.600 bits per heavy atom. The molecule has 4 N–H and O–H groups in total. The molecular formula is C39H48O4SiW. The van der Waals surface area contributed by atoms with Crippen molar-refractivity contribution in [2.75, 3.05) is 0 Å². The van der Waals surface area contributed by atoms with E-state index in [-0.39, 0.29) is 0 Å². The second kappa shape index (κ2) is 20.4. The van der Waals surface area contributed by atoms with Crippen molar-refractivity contribution in [1.82, 2.24) is 0 Å². The minimum absolute atomic E-state index is 0.322. The molecule has 0 aliphatic heterocycles. The second-order valence-corrected chi connectivity index (χ2v) is 18.2. The van der Waals surface area contributed by atoms with Gasteiger partial charge in [0, 0.05) is 0 Å². The molecule has 0 bridgehead atoms. The third kappa shape index (κ3) is 18.1. The van der Waals surface area contributed by atoms with Gasteiger partial charge in [0.2, 0.25) is 0 Å². The molecule has 5 aromatic rings. The Balaban J connectivity index is 0.000000344. The van der Waals surface area contributed by atoms with Crippen LogP contribution in [0.2, 0.25) is 0 Å². The molecule has 0 atom stereocenters. The summed E-state index contributed by atoms with van der Waals surface area (Å²) in [4.78, 5) is 0. The van der Waals surface area contributed by atoms with Crippen LogP contribution in [0.5, 0.6) is 11.5 Å². The zero-order valence-electron chi connectivity index (χ0n) is 27.2. The van der Waals surface area contributed by atoms with Gasteiger partial charge in [-0.2, -0.15) is 0 Å². The van der Waals surface area contributed by atoms with Gasteiger partial charge in [-0.3, -0.25) is 0 Å². The molecule has 0 unspecified atom stereocenters. The molecule has 5 aromatic carbocycles. The number of hydrogen-bond acceptors (Lipinski definition) is 4. The summed E-state index contributed by atoms with van der Waals surface area (Å²) < 4.78 is 2.52. The molecule has 6 heteroatoms. The predicted octanol–water partition coefficient (Wildman–Crippen LogP) is 6.38. The van der Waals surface area contributed by atoms with Crippen molar-refractivity contribution in [3.8, 4) is 11.5 Å². The van der Waals surface area contributed by atoms with Gasteiger partial charge in [0.15, 0.2) is 0 Å². The first-order valence-electron chi connectivity index (χ1n) is 14.7. The first kappa shape index (κ1) is 39.4. The van der Waals surface area contributed by atoms with E-state index >= 15 is 0 Å². The maximum absolute atomic E-state index is 8.63. The molecule has 0 aliphatic rings. The Kier molecular flexibility index (Phi) is 17.9. The molecule has 238 valence electrons. The van der Waals surface area contributed by atoms with Crippen LogP contribution in [-0.4, -0.2) is 43.7 Å². The zero-order chi connectivity index (χ0) is 33.8. The third-order valence-electron chi connectivity index (χ3n) is 5.38. The Labute approximate surface area is 282 Å². The first-order chi connectivity index (χ1) is 21.2. The van der Waals surface area contributed by atoms with E-state index in [1.165, 1.54) is 34.9 Å². The van der Waals surface area contributed by atoms with E-state index in [9.17, 15) is 0 Å². The molecule has 0 saturated carbocycles. The van der Waals surface area contributed by atoms with Gasteiger partial charge in [-0.1, -0.05) is 36.4 Å². The number of aromatic hydroxyl groups is 2. The van der Waals surface area contributed by atoms with Gasteiger partial charge in [0.05, 0.1) is 11.2 Å². The Bertz CT molecular complexity index is 1280.